The number of hydrogen-bond acceptors (Lipinski definition) is 3. The van der Waals surface area contributed by atoms with Crippen molar-refractivity contribution in [3.05, 3.63) is 58.4 Å². The van der Waals surface area contributed by atoms with E-state index in [1.807, 2.05) is 13.8 Å². The van der Waals surface area contributed by atoms with Gasteiger partial charge in [0.05, 0.1) is 26.7 Å². The van der Waals surface area contributed by atoms with Crippen molar-refractivity contribution < 1.29 is 30.8 Å². The second-order valence-corrected chi connectivity index (χ2v) is 10.4. The molecule has 0 heterocycles. The summed E-state index contributed by atoms with van der Waals surface area (Å²) in [6.07, 6.45) is -2.15. The first kappa shape index (κ1) is 25.5. The van der Waals surface area contributed by atoms with Gasteiger partial charge in [0.1, 0.15) is 5.82 Å². The summed E-state index contributed by atoms with van der Waals surface area (Å²) >= 11 is 5.87. The van der Waals surface area contributed by atoms with Gasteiger partial charge in [-0.2, -0.15) is 13.2 Å². The summed E-state index contributed by atoms with van der Waals surface area (Å²) in [4.78, 5) is 12.3. The van der Waals surface area contributed by atoms with Crippen LogP contribution in [0.3, 0.4) is 0 Å². The van der Waals surface area contributed by atoms with E-state index < -0.39 is 39.1 Å². The summed E-state index contributed by atoms with van der Waals surface area (Å²) < 4.78 is 81.7. The van der Waals surface area contributed by atoms with Crippen LogP contribution in [0.25, 0.3) is 0 Å². The summed E-state index contributed by atoms with van der Waals surface area (Å²) in [5.41, 5.74) is -2.08. The van der Waals surface area contributed by atoms with Gasteiger partial charge >= 0.3 is 6.18 Å². The van der Waals surface area contributed by atoms with Gasteiger partial charge in [-0.15, -0.1) is 0 Å². The number of anilines is 1. The molecule has 5 nitrogen and oxygen atoms in total. The number of nitrogens with one attached hydrogen (secondary N) is 2. The highest BCUT2D eigenvalue weighted by atomic mass is 35.5. The summed E-state index contributed by atoms with van der Waals surface area (Å²) in [5.74, 6) is -1.74. The van der Waals surface area contributed by atoms with E-state index in [4.69, 9.17) is 11.6 Å². The van der Waals surface area contributed by atoms with Crippen LogP contribution in [-0.4, -0.2) is 20.4 Å². The van der Waals surface area contributed by atoms with Gasteiger partial charge in [-0.1, -0.05) is 38.3 Å². The van der Waals surface area contributed by atoms with Gasteiger partial charge in [0.15, 0.2) is 0 Å². The van der Waals surface area contributed by atoms with Gasteiger partial charge in [0.25, 0.3) is 5.91 Å². The van der Waals surface area contributed by atoms with E-state index in [1.165, 1.54) is 0 Å². The predicted octanol–water partition coefficient (Wildman–Crippen LogP) is 5.85. The monoisotopic (exact) mass is 506 g/mol. The van der Waals surface area contributed by atoms with Gasteiger partial charge < -0.3 is 5.32 Å². The fourth-order valence-corrected chi connectivity index (χ4v) is 5.40. The average molecular weight is 507 g/mol. The molecule has 1 fully saturated rings. The van der Waals surface area contributed by atoms with Crippen LogP contribution in [0.4, 0.5) is 23.2 Å². The summed E-state index contributed by atoms with van der Waals surface area (Å²) in [6, 6.07) is 4.72. The molecule has 2 N–H and O–H groups in total. The molecule has 3 rings (SSSR count). The normalized spacial score (nSPS) is 21.6. The highest BCUT2D eigenvalue weighted by Gasteiger charge is 2.32. The minimum atomic E-state index is -4.68. The molecule has 1 amide bonds. The first-order valence-corrected chi connectivity index (χ1v) is 12.2. The zero-order chi connectivity index (χ0) is 24.6. The third-order valence-corrected chi connectivity index (χ3v) is 7.87. The largest absolute Gasteiger partial charge is 0.416 e. The molecule has 1 aliphatic carbocycles. The number of rotatable bonds is 5. The van der Waals surface area contributed by atoms with E-state index in [9.17, 15) is 30.8 Å². The Morgan fingerprint density at radius 1 is 1.09 bits per heavy atom. The van der Waals surface area contributed by atoms with Gasteiger partial charge in [0.2, 0.25) is 10.0 Å². The van der Waals surface area contributed by atoms with E-state index in [0.29, 0.717) is 18.4 Å². The minimum Gasteiger partial charge on any atom is -0.321 e. The maximum Gasteiger partial charge on any atom is 0.416 e. The van der Waals surface area contributed by atoms with E-state index in [-0.39, 0.29) is 27.6 Å². The Labute approximate surface area is 194 Å². The van der Waals surface area contributed by atoms with Crippen molar-refractivity contribution in [1.82, 2.24) is 4.72 Å². The number of benzene rings is 2. The van der Waals surface area contributed by atoms with Crippen molar-refractivity contribution in [2.45, 2.75) is 50.2 Å². The summed E-state index contributed by atoms with van der Waals surface area (Å²) in [7, 11) is -4.07. The maximum atomic E-state index is 14.4. The van der Waals surface area contributed by atoms with Crippen LogP contribution in [0.15, 0.2) is 41.3 Å². The average Bonchev–Trinajstić information content (AvgIpc) is 2.72. The highest BCUT2D eigenvalue weighted by Crippen LogP contribution is 2.34. The van der Waals surface area contributed by atoms with Crippen LogP contribution < -0.4 is 10.0 Å². The fourth-order valence-electron chi connectivity index (χ4n) is 3.85. The Morgan fingerprint density at radius 2 is 1.79 bits per heavy atom. The van der Waals surface area contributed by atoms with Crippen molar-refractivity contribution in [2.75, 3.05) is 5.32 Å². The zero-order valence-corrected chi connectivity index (χ0v) is 19.4. The number of alkyl halides is 3. The van der Waals surface area contributed by atoms with Gasteiger partial charge in [-0.3, -0.25) is 4.79 Å². The first-order valence-electron chi connectivity index (χ1n) is 10.3. The lowest BCUT2D eigenvalue weighted by Gasteiger charge is -2.34. The molecule has 1 saturated carbocycles. The van der Waals surface area contributed by atoms with E-state index in [0.717, 1.165) is 43.2 Å². The van der Waals surface area contributed by atoms with Gasteiger partial charge in [-0.25, -0.2) is 17.5 Å². The topological polar surface area (TPSA) is 75.3 Å². The highest BCUT2D eigenvalue weighted by molar-refractivity contribution is 7.89. The second kappa shape index (κ2) is 9.60. The van der Waals surface area contributed by atoms with Crippen LogP contribution in [0.1, 0.15) is 49.0 Å². The number of sulfonamides is 1. The van der Waals surface area contributed by atoms with Gasteiger partial charge in [0, 0.05) is 6.04 Å². The molecule has 2 aromatic carbocycles. The van der Waals surface area contributed by atoms with Gasteiger partial charge in [-0.05, 0) is 54.7 Å². The number of carbonyl (C=O) groups excluding carboxylic acids is 1. The Morgan fingerprint density at radius 3 is 2.45 bits per heavy atom. The van der Waals surface area contributed by atoms with Crippen molar-refractivity contribution >= 4 is 33.2 Å². The van der Waals surface area contributed by atoms with Crippen LogP contribution >= 0.6 is 11.6 Å². The van der Waals surface area contributed by atoms with Crippen molar-refractivity contribution in [3.63, 3.8) is 0 Å². The summed E-state index contributed by atoms with van der Waals surface area (Å²) in [6.45, 7) is 4.00. The van der Waals surface area contributed by atoms with Crippen LogP contribution in [-0.2, 0) is 16.2 Å². The number of halogens is 5. The Kier molecular flexibility index (Phi) is 7.40. The lowest BCUT2D eigenvalue weighted by Crippen LogP contribution is -2.43. The van der Waals surface area contributed by atoms with E-state index in [2.05, 4.69) is 10.0 Å². The smallest absolute Gasteiger partial charge is 0.321 e. The second-order valence-electron chi connectivity index (χ2n) is 8.28. The number of hydrogen-bond donors (Lipinski definition) is 2. The third kappa shape index (κ3) is 5.85. The first-order chi connectivity index (χ1) is 15.3. The van der Waals surface area contributed by atoms with Crippen molar-refractivity contribution in [2.24, 2.45) is 11.8 Å². The molecule has 0 aliphatic heterocycles. The summed E-state index contributed by atoms with van der Waals surface area (Å²) in [5, 5.41) is 1.93. The van der Waals surface area contributed by atoms with Crippen molar-refractivity contribution in [1.29, 1.82) is 0 Å². The Balaban J connectivity index is 1.86. The van der Waals surface area contributed by atoms with Crippen molar-refractivity contribution in [3.8, 4) is 0 Å². The molecule has 3 atom stereocenters. The SMILES string of the molecule is C[C@H]1[C@H](C)CCC[C@H]1NS(=O)(=O)c1ccc(F)c(C(=O)Nc2cc(C(F)(F)F)ccc2Cl)c1. The molecular weight excluding hydrogens is 484 g/mol. The molecule has 33 heavy (non-hydrogen) atoms. The molecule has 2 aromatic rings. The fraction of sp³-hybridized carbons (Fsp3) is 0.409. The lowest BCUT2D eigenvalue weighted by atomic mass is 9.78. The standard InChI is InChI=1S/C22H23ClF4N2O3S/c1-12-4-3-5-19(13(12)2)29-33(31,32)15-7-9-18(24)16(11-15)21(30)28-20-10-14(22(25,26)27)6-8-17(20)23/h6-13,19,29H,3-5H2,1-2H3,(H,28,30)/t12-,13+,19-/m1/s1. The molecule has 0 bridgehead atoms. The predicted molar refractivity (Wildman–Crippen MR) is 117 cm³/mol. The zero-order valence-electron chi connectivity index (χ0n) is 17.8. The van der Waals surface area contributed by atoms with Crippen LogP contribution in [0.2, 0.25) is 5.02 Å². The minimum absolute atomic E-state index is 0.0970. The third-order valence-electron chi connectivity index (χ3n) is 6.05. The van der Waals surface area contributed by atoms with E-state index in [1.54, 1.807) is 0 Å². The molecular formula is C22H23ClF4N2O3S. The Hall–Kier alpha value is -2.17. The van der Waals surface area contributed by atoms with Crippen LogP contribution in [0.5, 0.6) is 0 Å². The van der Waals surface area contributed by atoms with Crippen LogP contribution in [0, 0.1) is 17.7 Å². The molecule has 0 saturated heterocycles. The number of amides is 1. The molecule has 11 heteroatoms. The molecule has 0 spiro atoms. The number of carbonyl (C=O) groups is 1. The Bertz CT molecular complexity index is 1150. The molecule has 0 aromatic heterocycles. The molecule has 0 radical (unpaired) electrons. The molecule has 1 aliphatic rings. The molecule has 180 valence electrons. The van der Waals surface area contributed by atoms with E-state index >= 15 is 0 Å². The molecule has 0 unspecified atom stereocenters. The lowest BCUT2D eigenvalue weighted by molar-refractivity contribution is -0.137. The maximum absolute atomic E-state index is 14.4. The quantitative estimate of drug-likeness (QED) is 0.499.